The summed E-state index contributed by atoms with van der Waals surface area (Å²) in [5.74, 6) is -3.75. The minimum atomic E-state index is -2.26. The molecule has 1 N–H and O–H groups in total. The number of carbonyl (C=O) groups is 4. The van der Waals surface area contributed by atoms with Gasteiger partial charge in [-0.05, 0) is 56.6 Å². The summed E-state index contributed by atoms with van der Waals surface area (Å²) in [6.45, 7) is 17.7. The summed E-state index contributed by atoms with van der Waals surface area (Å²) in [5, 5.41) is 13.4. The third kappa shape index (κ3) is 5.18. The summed E-state index contributed by atoms with van der Waals surface area (Å²) in [6, 6.07) is 8.46. The molecule has 2 bridgehead atoms. The molecule has 3 fully saturated rings. The molecule has 0 spiro atoms. The first-order chi connectivity index (χ1) is 21.2. The largest absolute Gasteiger partial charge is 0.455 e. The van der Waals surface area contributed by atoms with Gasteiger partial charge in [-0.25, -0.2) is 4.79 Å². The highest BCUT2D eigenvalue weighted by Gasteiger charge is 2.77. The van der Waals surface area contributed by atoms with Gasteiger partial charge in [0.05, 0.1) is 24.2 Å². The van der Waals surface area contributed by atoms with E-state index in [1.807, 2.05) is 40.4 Å². The van der Waals surface area contributed by atoms with E-state index in [0.717, 1.165) is 0 Å². The van der Waals surface area contributed by atoms with Crippen molar-refractivity contribution in [3.8, 4) is 0 Å². The van der Waals surface area contributed by atoms with Crippen LogP contribution in [0.2, 0.25) is 19.6 Å². The number of fused-ring (bicyclic) bond motifs is 5. The molecule has 9 atom stereocenters. The maximum atomic E-state index is 15.1. The Hall–Kier alpha value is -2.86. The van der Waals surface area contributed by atoms with Crippen LogP contribution in [0.5, 0.6) is 0 Å². The molecule has 2 saturated carbocycles. The van der Waals surface area contributed by atoms with Crippen LogP contribution < -0.4 is 0 Å². The lowest BCUT2D eigenvalue weighted by molar-refractivity contribution is -0.351. The van der Waals surface area contributed by atoms with Crippen LogP contribution in [0, 0.1) is 22.7 Å². The number of aliphatic hydroxyl groups is 1. The Labute approximate surface area is 272 Å². The summed E-state index contributed by atoms with van der Waals surface area (Å²) in [7, 11) is -2.26. The van der Waals surface area contributed by atoms with Gasteiger partial charge >= 0.3 is 17.9 Å². The molecule has 0 radical (unpaired) electrons. The van der Waals surface area contributed by atoms with Gasteiger partial charge in [0.2, 0.25) is 5.78 Å². The van der Waals surface area contributed by atoms with Crippen LogP contribution in [0.15, 0.2) is 41.5 Å². The highest BCUT2D eigenvalue weighted by molar-refractivity contribution is 6.69. The molecular weight excluding hydrogens is 608 g/mol. The summed E-state index contributed by atoms with van der Waals surface area (Å²) in [5.41, 5.74) is -4.68. The molecule has 3 aliphatic carbocycles. The van der Waals surface area contributed by atoms with Crippen LogP contribution in [0.3, 0.4) is 0 Å². The molecule has 0 aromatic heterocycles. The van der Waals surface area contributed by atoms with E-state index in [1.165, 1.54) is 13.8 Å². The fraction of sp³-hybridized carbons (Fsp3) is 0.657. The normalized spacial score (nSPS) is 38.3. The summed E-state index contributed by atoms with van der Waals surface area (Å²) < 4.78 is 31.4. The number of hydrogen-bond acceptors (Lipinski definition) is 10. The molecule has 1 saturated heterocycles. The average molecular weight is 657 g/mol. The van der Waals surface area contributed by atoms with E-state index in [-0.39, 0.29) is 30.1 Å². The van der Waals surface area contributed by atoms with Crippen molar-refractivity contribution < 1.29 is 47.7 Å². The highest BCUT2D eigenvalue weighted by atomic mass is 28.4. The second-order valence-electron chi connectivity index (χ2n) is 15.4. The zero-order chi connectivity index (χ0) is 34.2. The van der Waals surface area contributed by atoms with Crippen LogP contribution in [0.1, 0.15) is 71.7 Å². The van der Waals surface area contributed by atoms with Crippen molar-refractivity contribution in [3.05, 3.63) is 47.0 Å². The van der Waals surface area contributed by atoms with Crippen molar-refractivity contribution in [1.29, 1.82) is 0 Å². The lowest BCUT2D eigenvalue weighted by Gasteiger charge is -2.68. The zero-order valence-corrected chi connectivity index (χ0v) is 29.6. The van der Waals surface area contributed by atoms with Gasteiger partial charge in [0, 0.05) is 36.7 Å². The van der Waals surface area contributed by atoms with Gasteiger partial charge in [0.25, 0.3) is 0 Å². The quantitative estimate of drug-likeness (QED) is 0.259. The van der Waals surface area contributed by atoms with E-state index < -0.39 is 84.4 Å². The SMILES string of the molecule is CC(=O)OC1C(=O)C2=C(C)C(O[Si](C)(C)C)CC(O)(C(OC(=O)c3ccccc3)C3C4(OC(C)=O)COC4CC(C)C13C)C2(C)C. The molecule has 1 aromatic carbocycles. The molecule has 5 rings (SSSR count). The van der Waals surface area contributed by atoms with Gasteiger partial charge < -0.3 is 28.5 Å². The molecule has 1 heterocycles. The van der Waals surface area contributed by atoms with E-state index in [0.29, 0.717) is 12.0 Å². The van der Waals surface area contributed by atoms with Crippen molar-refractivity contribution in [3.63, 3.8) is 0 Å². The Balaban J connectivity index is 1.87. The minimum Gasteiger partial charge on any atom is -0.455 e. The molecule has 11 heteroatoms. The summed E-state index contributed by atoms with van der Waals surface area (Å²) >= 11 is 0. The number of ketones is 1. The van der Waals surface area contributed by atoms with Gasteiger partial charge in [-0.15, -0.1) is 0 Å². The smallest absolute Gasteiger partial charge is 0.338 e. The number of benzene rings is 1. The highest BCUT2D eigenvalue weighted by Crippen LogP contribution is 2.66. The first-order valence-corrected chi connectivity index (χ1v) is 19.5. The third-order valence-corrected chi connectivity index (χ3v) is 12.1. The van der Waals surface area contributed by atoms with E-state index in [4.69, 9.17) is 23.4 Å². The lowest BCUT2D eigenvalue weighted by Crippen LogP contribution is -2.81. The number of esters is 3. The Kier molecular flexibility index (Phi) is 8.53. The molecule has 0 amide bonds. The molecule has 1 aromatic rings. The first-order valence-electron chi connectivity index (χ1n) is 16.1. The van der Waals surface area contributed by atoms with E-state index in [2.05, 4.69) is 0 Å². The molecule has 4 aliphatic rings. The second-order valence-corrected chi connectivity index (χ2v) is 19.9. The van der Waals surface area contributed by atoms with Crippen molar-refractivity contribution in [1.82, 2.24) is 0 Å². The molecular formula is C35H48O10Si. The van der Waals surface area contributed by atoms with Gasteiger partial charge in [-0.1, -0.05) is 45.9 Å². The van der Waals surface area contributed by atoms with Crippen LogP contribution in [-0.4, -0.2) is 79.3 Å². The zero-order valence-electron chi connectivity index (χ0n) is 28.6. The molecule has 252 valence electrons. The summed E-state index contributed by atoms with van der Waals surface area (Å²) in [4.78, 5) is 54.8. The van der Waals surface area contributed by atoms with Gasteiger partial charge in [-0.2, -0.15) is 0 Å². The Morgan fingerprint density at radius 3 is 2.15 bits per heavy atom. The number of hydrogen-bond donors (Lipinski definition) is 1. The predicted octanol–water partition coefficient (Wildman–Crippen LogP) is 4.79. The van der Waals surface area contributed by atoms with Gasteiger partial charge in [0.1, 0.15) is 17.8 Å². The number of ether oxygens (including phenoxy) is 4. The monoisotopic (exact) mass is 656 g/mol. The molecule has 9 unspecified atom stereocenters. The maximum absolute atomic E-state index is 15.1. The van der Waals surface area contributed by atoms with Crippen molar-refractivity contribution in [2.45, 2.75) is 117 Å². The van der Waals surface area contributed by atoms with Crippen LogP contribution in [-0.2, 0) is 37.8 Å². The fourth-order valence-corrected chi connectivity index (χ4v) is 9.93. The van der Waals surface area contributed by atoms with Gasteiger partial charge in [0.15, 0.2) is 20.0 Å². The summed E-state index contributed by atoms with van der Waals surface area (Å²) in [6.07, 6.45) is -3.60. The lowest BCUT2D eigenvalue weighted by atomic mass is 9.43. The Bertz CT molecular complexity index is 1460. The molecule has 46 heavy (non-hydrogen) atoms. The number of rotatable bonds is 6. The molecule has 1 aliphatic heterocycles. The average Bonchev–Trinajstić information content (AvgIpc) is 2.93. The molecule has 10 nitrogen and oxygen atoms in total. The Morgan fingerprint density at radius 1 is 1.00 bits per heavy atom. The van der Waals surface area contributed by atoms with Crippen molar-refractivity contribution >= 4 is 32.0 Å². The second kappa shape index (κ2) is 11.4. The van der Waals surface area contributed by atoms with E-state index in [1.54, 1.807) is 44.2 Å². The topological polar surface area (TPSA) is 135 Å². The van der Waals surface area contributed by atoms with E-state index >= 15 is 4.79 Å². The van der Waals surface area contributed by atoms with Crippen molar-refractivity contribution in [2.24, 2.45) is 22.7 Å². The van der Waals surface area contributed by atoms with Crippen molar-refractivity contribution in [2.75, 3.05) is 6.61 Å². The van der Waals surface area contributed by atoms with Crippen LogP contribution >= 0.6 is 0 Å². The standard InChI is InChI=1S/C35H48O10Si/c1-19-16-25-34(18-41-25,44-22(4)37)28-30(43-31(39)23-14-12-11-13-15-23)35(40)17-24(45-46(8,9)10)20(2)26(32(35,5)6)27(38)29(33(19,28)7)42-21(3)36/h11-15,19,24-25,28-30,40H,16-18H2,1-10H3. The number of carbonyl (C=O) groups excluding carboxylic acids is 4. The minimum absolute atomic E-state index is 0.0144. The predicted molar refractivity (Wildman–Crippen MR) is 170 cm³/mol. The first kappa shape index (κ1) is 34.5. The van der Waals surface area contributed by atoms with Crippen LogP contribution in [0.4, 0.5) is 0 Å². The fourth-order valence-electron chi connectivity index (χ4n) is 8.81. The van der Waals surface area contributed by atoms with Crippen LogP contribution in [0.25, 0.3) is 0 Å². The Morgan fingerprint density at radius 2 is 1.63 bits per heavy atom. The third-order valence-electron chi connectivity index (χ3n) is 11.1. The van der Waals surface area contributed by atoms with Gasteiger partial charge in [-0.3, -0.25) is 14.4 Å². The van der Waals surface area contributed by atoms with E-state index in [9.17, 15) is 19.5 Å². The maximum Gasteiger partial charge on any atom is 0.338 e. The number of Topliss-reactive ketones (excluding diaryl/α,β-unsaturated/α-hetero) is 1.